The van der Waals surface area contributed by atoms with Crippen molar-refractivity contribution in [3.63, 3.8) is 0 Å². The van der Waals surface area contributed by atoms with Crippen LogP contribution in [0.2, 0.25) is 0 Å². The summed E-state index contributed by atoms with van der Waals surface area (Å²) in [7, 11) is 1.64. The van der Waals surface area contributed by atoms with Crippen molar-refractivity contribution in [2.45, 2.75) is 13.3 Å². The number of para-hydroxylation sites is 1. The number of carbonyl (C=O) groups excluding carboxylic acids is 1. The van der Waals surface area contributed by atoms with E-state index in [-0.39, 0.29) is 5.91 Å². The largest absolute Gasteiger partial charge is 0.497 e. The molecule has 0 fully saturated rings. The van der Waals surface area contributed by atoms with E-state index in [4.69, 9.17) is 4.74 Å². The molecule has 0 radical (unpaired) electrons. The second kappa shape index (κ2) is 8.80. The summed E-state index contributed by atoms with van der Waals surface area (Å²) < 4.78 is 5.22. The molecule has 6 heteroatoms. The van der Waals surface area contributed by atoms with Crippen LogP contribution in [0.15, 0.2) is 60.7 Å². The monoisotopic (exact) mass is 362 g/mol. The molecule has 0 atom stereocenters. The van der Waals surface area contributed by atoms with E-state index in [1.54, 1.807) is 20.1 Å². The Bertz CT molecular complexity index is 913. The van der Waals surface area contributed by atoms with Gasteiger partial charge in [-0.2, -0.15) is 0 Å². The number of amides is 1. The van der Waals surface area contributed by atoms with Gasteiger partial charge in [0.25, 0.3) is 5.91 Å². The molecule has 0 aliphatic carbocycles. The normalized spacial score (nSPS) is 10.3. The van der Waals surface area contributed by atoms with Crippen molar-refractivity contribution in [1.29, 1.82) is 0 Å². The summed E-state index contributed by atoms with van der Waals surface area (Å²) >= 11 is 0. The van der Waals surface area contributed by atoms with Crippen molar-refractivity contribution >= 4 is 17.4 Å². The van der Waals surface area contributed by atoms with Crippen LogP contribution in [0.25, 0.3) is 0 Å². The molecule has 1 aromatic heterocycles. The fourth-order valence-corrected chi connectivity index (χ4v) is 2.66. The maximum atomic E-state index is 12.5. The minimum Gasteiger partial charge on any atom is -0.497 e. The number of rotatable bonds is 7. The van der Waals surface area contributed by atoms with Crippen molar-refractivity contribution < 1.29 is 9.53 Å². The first kappa shape index (κ1) is 18.4. The van der Waals surface area contributed by atoms with Gasteiger partial charge in [-0.05, 0) is 43.2 Å². The number of hydrogen-bond donors (Lipinski definition) is 2. The molecule has 3 aromatic rings. The van der Waals surface area contributed by atoms with Crippen LogP contribution in [-0.2, 0) is 6.42 Å². The number of carbonyl (C=O) groups is 1. The van der Waals surface area contributed by atoms with E-state index in [0.717, 1.165) is 17.0 Å². The maximum Gasteiger partial charge on any atom is 0.270 e. The molecule has 0 aliphatic rings. The van der Waals surface area contributed by atoms with E-state index in [2.05, 4.69) is 20.6 Å². The first-order valence-electron chi connectivity index (χ1n) is 8.73. The highest BCUT2D eigenvalue weighted by Crippen LogP contribution is 2.15. The first-order valence-corrected chi connectivity index (χ1v) is 8.73. The highest BCUT2D eigenvalue weighted by atomic mass is 16.5. The Labute approximate surface area is 158 Å². The smallest absolute Gasteiger partial charge is 0.270 e. The Hall–Kier alpha value is -3.41. The number of hydrogen-bond acceptors (Lipinski definition) is 5. The molecule has 6 nitrogen and oxygen atoms in total. The van der Waals surface area contributed by atoms with Crippen molar-refractivity contribution in [2.24, 2.45) is 0 Å². The van der Waals surface area contributed by atoms with Gasteiger partial charge in [0.2, 0.25) is 0 Å². The summed E-state index contributed by atoms with van der Waals surface area (Å²) in [5.74, 6) is 1.71. The molecule has 27 heavy (non-hydrogen) atoms. The molecule has 2 N–H and O–H groups in total. The Morgan fingerprint density at radius 2 is 1.85 bits per heavy atom. The molecular formula is C21H22N4O2. The number of ether oxygens (including phenoxy) is 1. The third kappa shape index (κ3) is 5.28. The summed E-state index contributed by atoms with van der Waals surface area (Å²) in [6, 6.07) is 19.1. The lowest BCUT2D eigenvalue weighted by atomic mass is 10.1. The van der Waals surface area contributed by atoms with Gasteiger partial charge in [-0.25, -0.2) is 9.97 Å². The summed E-state index contributed by atoms with van der Waals surface area (Å²) in [5.41, 5.74) is 2.34. The number of methoxy groups -OCH3 is 1. The standard InChI is InChI=1S/C21H22N4O2/c1-15-23-19(14-20(24-15)25-17-8-4-3-5-9-17)21(26)22-12-11-16-7-6-10-18(13-16)27-2/h3-10,13-14H,11-12H2,1-2H3,(H,22,26)(H,23,24,25). The Morgan fingerprint density at radius 3 is 2.63 bits per heavy atom. The minimum atomic E-state index is -0.223. The van der Waals surface area contributed by atoms with Gasteiger partial charge < -0.3 is 15.4 Å². The zero-order valence-corrected chi connectivity index (χ0v) is 15.4. The predicted octanol–water partition coefficient (Wildman–Crippen LogP) is 3.51. The summed E-state index contributed by atoms with van der Waals surface area (Å²) in [5, 5.41) is 6.10. The molecule has 3 rings (SSSR count). The predicted molar refractivity (Wildman–Crippen MR) is 106 cm³/mol. The summed E-state index contributed by atoms with van der Waals surface area (Å²) in [4.78, 5) is 21.0. The maximum absolute atomic E-state index is 12.5. The number of aryl methyl sites for hydroxylation is 1. The van der Waals surface area contributed by atoms with Crippen molar-refractivity contribution in [3.8, 4) is 5.75 Å². The highest BCUT2D eigenvalue weighted by molar-refractivity contribution is 5.93. The van der Waals surface area contributed by atoms with Crippen molar-refractivity contribution in [2.75, 3.05) is 19.0 Å². The molecule has 138 valence electrons. The summed E-state index contributed by atoms with van der Waals surface area (Å²) in [6.45, 7) is 2.28. The topological polar surface area (TPSA) is 76.1 Å². The molecular weight excluding hydrogens is 340 g/mol. The fraction of sp³-hybridized carbons (Fsp3) is 0.190. The van der Waals surface area contributed by atoms with Crippen LogP contribution >= 0.6 is 0 Å². The molecule has 2 aromatic carbocycles. The molecule has 0 aliphatic heterocycles. The van der Waals surface area contributed by atoms with Gasteiger partial charge in [0.15, 0.2) is 0 Å². The van der Waals surface area contributed by atoms with Gasteiger partial charge in [-0.3, -0.25) is 4.79 Å². The van der Waals surface area contributed by atoms with Crippen LogP contribution in [0.1, 0.15) is 21.9 Å². The van der Waals surface area contributed by atoms with Gasteiger partial charge in [-0.15, -0.1) is 0 Å². The Kier molecular flexibility index (Phi) is 5.99. The molecule has 0 bridgehead atoms. The van der Waals surface area contributed by atoms with Gasteiger partial charge in [0.05, 0.1) is 7.11 Å². The fourth-order valence-electron chi connectivity index (χ4n) is 2.66. The third-order valence-electron chi connectivity index (χ3n) is 3.95. The zero-order valence-electron chi connectivity index (χ0n) is 15.4. The molecule has 0 saturated carbocycles. The average Bonchev–Trinajstić information content (AvgIpc) is 2.68. The van der Waals surface area contributed by atoms with Crippen LogP contribution in [-0.4, -0.2) is 29.5 Å². The number of nitrogens with zero attached hydrogens (tertiary/aromatic N) is 2. The molecule has 0 unspecified atom stereocenters. The molecule has 1 amide bonds. The van der Waals surface area contributed by atoms with E-state index < -0.39 is 0 Å². The lowest BCUT2D eigenvalue weighted by molar-refractivity contribution is 0.0949. The van der Waals surface area contributed by atoms with Gasteiger partial charge in [-0.1, -0.05) is 30.3 Å². The number of benzene rings is 2. The Morgan fingerprint density at radius 1 is 1.04 bits per heavy atom. The third-order valence-corrected chi connectivity index (χ3v) is 3.95. The van der Waals surface area contributed by atoms with Crippen molar-refractivity contribution in [1.82, 2.24) is 15.3 Å². The molecule has 0 saturated heterocycles. The van der Waals surface area contributed by atoms with Gasteiger partial charge in [0.1, 0.15) is 23.1 Å². The van der Waals surface area contributed by atoms with Gasteiger partial charge in [0, 0.05) is 18.3 Å². The van der Waals surface area contributed by atoms with E-state index in [1.165, 1.54) is 0 Å². The van der Waals surface area contributed by atoms with E-state index in [0.29, 0.717) is 30.3 Å². The first-order chi connectivity index (χ1) is 13.1. The minimum absolute atomic E-state index is 0.223. The lowest BCUT2D eigenvalue weighted by Gasteiger charge is -2.09. The van der Waals surface area contributed by atoms with E-state index in [9.17, 15) is 4.79 Å². The summed E-state index contributed by atoms with van der Waals surface area (Å²) in [6.07, 6.45) is 0.710. The van der Waals surface area contributed by atoms with E-state index >= 15 is 0 Å². The zero-order chi connectivity index (χ0) is 19.1. The highest BCUT2D eigenvalue weighted by Gasteiger charge is 2.10. The average molecular weight is 362 g/mol. The second-order valence-electron chi connectivity index (χ2n) is 6.03. The van der Waals surface area contributed by atoms with E-state index in [1.807, 2.05) is 54.6 Å². The number of anilines is 2. The van der Waals surface area contributed by atoms with Crippen LogP contribution in [0.4, 0.5) is 11.5 Å². The Balaban J connectivity index is 1.62. The molecule has 0 spiro atoms. The van der Waals surface area contributed by atoms with Crippen molar-refractivity contribution in [3.05, 3.63) is 77.7 Å². The van der Waals surface area contributed by atoms with Gasteiger partial charge >= 0.3 is 0 Å². The van der Waals surface area contributed by atoms with Crippen LogP contribution in [0.5, 0.6) is 5.75 Å². The molecule has 1 heterocycles. The van der Waals surface area contributed by atoms with Crippen LogP contribution < -0.4 is 15.4 Å². The SMILES string of the molecule is COc1cccc(CCNC(=O)c2cc(Nc3ccccc3)nc(C)n2)c1. The number of aromatic nitrogens is 2. The van der Waals surface area contributed by atoms with Crippen LogP contribution in [0, 0.1) is 6.92 Å². The lowest BCUT2D eigenvalue weighted by Crippen LogP contribution is -2.27. The van der Waals surface area contributed by atoms with Crippen LogP contribution in [0.3, 0.4) is 0 Å². The quantitative estimate of drug-likeness (QED) is 0.673. The number of nitrogens with one attached hydrogen (secondary N) is 2. The second-order valence-corrected chi connectivity index (χ2v) is 6.03.